The number of alkyl halides is 3. The normalized spacial score (nSPS) is 11.5. The lowest BCUT2D eigenvalue weighted by Crippen LogP contribution is -2.09. The molecule has 0 radical (unpaired) electrons. The molecule has 2 atom stereocenters. The first-order chi connectivity index (χ1) is 45.3. The second kappa shape index (κ2) is 31.5. The number of nitrogens with one attached hydrogen (secondary N) is 2. The lowest BCUT2D eigenvalue weighted by Gasteiger charge is -2.19. The molecule has 94 heavy (non-hydrogen) atoms. The van der Waals surface area contributed by atoms with Crippen molar-refractivity contribution < 1.29 is 36.0 Å². The Morgan fingerprint density at radius 1 is 0.468 bits per heavy atom. The molecule has 0 fully saturated rings. The Hall–Kier alpha value is -11.5. The van der Waals surface area contributed by atoms with Crippen LogP contribution in [-0.2, 0) is 22.3 Å². The van der Waals surface area contributed by atoms with Gasteiger partial charge in [0.1, 0.15) is 23.4 Å². The fourth-order valence-electron chi connectivity index (χ4n) is 10.7. The molecule has 3 heterocycles. The van der Waals surface area contributed by atoms with E-state index in [9.17, 15) is 18.0 Å². The average Bonchev–Trinajstić information content (AvgIpc) is 1.14. The fraction of sp³-hybridized carbons (Fsp3) is 0.125. The maximum Gasteiger partial charge on any atom is 0.416 e. The molecule has 11 aromatic carbocycles. The lowest BCUT2D eigenvalue weighted by molar-refractivity contribution is -0.137. The molecular weight excluding hydrogens is 1180 g/mol. The lowest BCUT2D eigenvalue weighted by atomic mass is 9.89. The van der Waals surface area contributed by atoms with E-state index in [-0.39, 0.29) is 17.7 Å². The van der Waals surface area contributed by atoms with Gasteiger partial charge in [-0.05, 0) is 164 Å². The zero-order valence-electron chi connectivity index (χ0n) is 52.9. The number of benzene rings is 11. The third-order valence-corrected chi connectivity index (χ3v) is 16.0. The molecule has 476 valence electrons. The van der Waals surface area contributed by atoms with Gasteiger partial charge in [-0.3, -0.25) is 10.2 Å². The highest BCUT2D eigenvalue weighted by atomic mass is 19.4. The number of nitrogen functional groups attached to an aromatic ring is 4. The number of hydrogen-bond acceptors (Lipinski definition) is 10. The molecule has 14 rings (SSSR count). The zero-order valence-corrected chi connectivity index (χ0v) is 52.9. The van der Waals surface area contributed by atoms with Crippen molar-refractivity contribution in [2.45, 2.75) is 65.2 Å². The number of carbonyl (C=O) groups is 1. The number of amides is 1. The summed E-state index contributed by atoms with van der Waals surface area (Å²) in [4.78, 5) is 11.0. The first kappa shape index (κ1) is 66.9. The minimum absolute atomic E-state index is 0.0662. The van der Waals surface area contributed by atoms with Crippen molar-refractivity contribution in [1.82, 2.24) is 0 Å². The average molecular weight is 1260 g/mol. The molecule has 0 aliphatic carbocycles. The molecular formula is C80H75F3N6O5. The molecule has 0 saturated carbocycles. The molecule has 0 bridgehead atoms. The van der Waals surface area contributed by atoms with Crippen LogP contribution in [-0.4, -0.2) is 12.3 Å². The van der Waals surface area contributed by atoms with E-state index in [4.69, 9.17) is 46.3 Å². The van der Waals surface area contributed by atoms with E-state index < -0.39 is 11.7 Å². The Morgan fingerprint density at radius 3 is 1.32 bits per heavy atom. The molecule has 3 aromatic heterocycles. The van der Waals surface area contributed by atoms with Crippen LogP contribution in [0.25, 0.3) is 54.5 Å². The molecule has 0 spiro atoms. The first-order valence-corrected chi connectivity index (χ1v) is 30.5. The van der Waals surface area contributed by atoms with Crippen molar-refractivity contribution in [3.05, 3.63) is 318 Å². The highest BCUT2D eigenvalue weighted by Crippen LogP contribution is 2.38. The Morgan fingerprint density at radius 2 is 0.872 bits per heavy atom. The molecule has 0 saturated heterocycles. The highest BCUT2D eigenvalue weighted by molar-refractivity contribution is 5.89. The van der Waals surface area contributed by atoms with Crippen molar-refractivity contribution >= 4 is 95.2 Å². The number of aryl methyl sites for hydroxylation is 1. The van der Waals surface area contributed by atoms with Crippen LogP contribution in [0.1, 0.15) is 95.5 Å². The van der Waals surface area contributed by atoms with E-state index in [1.54, 1.807) is 31.8 Å². The number of halogens is 3. The standard InChI is InChI=1S/C22H20N2.C18H20N2O2.C16H17F3N2.3C8H6O/c1-14(15-2-4-19-12-21(23)8-6-17(19)10-15)16-3-5-20-13-22(24)9-7-18(20)11-16;1-13(16-5-3-15(4-6-16)11-22-12-19)17-7-9-18(10-8-17)20-14(2)21;1-9-3-5-14(20)12(7-9)10(2)13-8-11(16(17,18)19)4-6-15(13)21;3*1-2-4-8-7(3-1)5-6-9-8/h2-14H,23-24H2,1H3;3-10,12-13,19H,11H2,1-2H3,(H,20,21);3-8,10H,20-21H2,1-2H3;3*1-6H. The Balaban J connectivity index is 0.000000139. The molecule has 14 heteroatoms. The van der Waals surface area contributed by atoms with Gasteiger partial charge in [0.05, 0.1) is 24.4 Å². The summed E-state index contributed by atoms with van der Waals surface area (Å²) < 4.78 is 58.8. The van der Waals surface area contributed by atoms with E-state index in [1.807, 2.05) is 171 Å². The summed E-state index contributed by atoms with van der Waals surface area (Å²) in [6, 6.07) is 80.0. The minimum Gasteiger partial charge on any atom is -0.479 e. The Labute approximate surface area is 544 Å². The van der Waals surface area contributed by atoms with E-state index in [0.717, 1.165) is 85.2 Å². The van der Waals surface area contributed by atoms with Gasteiger partial charge in [-0.2, -0.15) is 13.2 Å². The number of furan rings is 3. The largest absolute Gasteiger partial charge is 0.479 e. The van der Waals surface area contributed by atoms with Gasteiger partial charge in [0.25, 0.3) is 0 Å². The second-order valence-corrected chi connectivity index (χ2v) is 22.7. The van der Waals surface area contributed by atoms with Gasteiger partial charge in [-0.25, -0.2) is 0 Å². The van der Waals surface area contributed by atoms with Gasteiger partial charge >= 0.3 is 6.18 Å². The third kappa shape index (κ3) is 18.1. The van der Waals surface area contributed by atoms with Crippen molar-refractivity contribution in [3.63, 3.8) is 0 Å². The maximum atomic E-state index is 12.8. The summed E-state index contributed by atoms with van der Waals surface area (Å²) >= 11 is 0. The maximum absolute atomic E-state index is 12.8. The van der Waals surface area contributed by atoms with Crippen molar-refractivity contribution in [3.8, 4) is 0 Å². The number of nitrogens with two attached hydrogens (primary N) is 4. The van der Waals surface area contributed by atoms with Crippen LogP contribution in [0.3, 0.4) is 0 Å². The molecule has 2 unspecified atom stereocenters. The summed E-state index contributed by atoms with van der Waals surface area (Å²) in [7, 11) is 0. The van der Waals surface area contributed by atoms with Gasteiger partial charge in [0, 0.05) is 69.3 Å². The molecule has 0 aliphatic rings. The van der Waals surface area contributed by atoms with Crippen molar-refractivity contribution in [1.29, 1.82) is 5.41 Å². The number of para-hydroxylation sites is 3. The van der Waals surface area contributed by atoms with Crippen LogP contribution >= 0.6 is 0 Å². The SMILES string of the molecule is CC(=O)Nc1ccc(C(C)c2ccc(COC=N)cc2)cc1.CC(c1ccc2cc(N)ccc2c1)c1ccc2cc(N)ccc2c1.Cc1ccc(N)c(C(C)c2cc(C(F)(F)F)ccc2N)c1.c1ccc2occc2c1.c1ccc2occc2c1.c1ccc2occc2c1. The van der Waals surface area contributed by atoms with Crippen LogP contribution < -0.4 is 28.3 Å². The summed E-state index contributed by atoms with van der Waals surface area (Å²) in [6.07, 6.45) is 1.66. The number of carbonyl (C=O) groups excluding carboxylic acids is 1. The van der Waals surface area contributed by atoms with Gasteiger partial charge < -0.3 is 46.2 Å². The quantitative estimate of drug-likeness (QED) is 0.0437. The van der Waals surface area contributed by atoms with Crippen LogP contribution in [0.5, 0.6) is 0 Å². The van der Waals surface area contributed by atoms with Crippen LogP contribution in [0.4, 0.5) is 41.6 Å². The van der Waals surface area contributed by atoms with Gasteiger partial charge in [-0.1, -0.05) is 178 Å². The summed E-state index contributed by atoms with van der Waals surface area (Å²) in [6.45, 7) is 10.0. The fourth-order valence-corrected chi connectivity index (χ4v) is 10.7. The third-order valence-electron chi connectivity index (χ3n) is 16.0. The van der Waals surface area contributed by atoms with Crippen molar-refractivity contribution in [2.75, 3.05) is 28.3 Å². The molecule has 11 nitrogen and oxygen atoms in total. The number of fused-ring (bicyclic) bond motifs is 5. The van der Waals surface area contributed by atoms with E-state index in [2.05, 4.69) is 79.8 Å². The molecule has 1 amide bonds. The van der Waals surface area contributed by atoms with Crippen LogP contribution in [0.15, 0.2) is 281 Å². The van der Waals surface area contributed by atoms with E-state index in [1.165, 1.54) is 56.8 Å². The van der Waals surface area contributed by atoms with E-state index in [0.29, 0.717) is 29.5 Å². The predicted octanol–water partition coefficient (Wildman–Crippen LogP) is 20.9. The Bertz CT molecular complexity index is 4450. The van der Waals surface area contributed by atoms with Gasteiger partial charge in [-0.15, -0.1) is 0 Å². The smallest absolute Gasteiger partial charge is 0.416 e. The molecule has 10 N–H and O–H groups in total. The predicted molar refractivity (Wildman–Crippen MR) is 380 cm³/mol. The van der Waals surface area contributed by atoms with Gasteiger partial charge in [0.2, 0.25) is 5.91 Å². The second-order valence-electron chi connectivity index (χ2n) is 22.7. The number of anilines is 5. The first-order valence-electron chi connectivity index (χ1n) is 30.5. The van der Waals surface area contributed by atoms with Crippen molar-refractivity contribution in [2.24, 2.45) is 0 Å². The minimum atomic E-state index is -4.39. The van der Waals surface area contributed by atoms with Crippen LogP contribution in [0, 0.1) is 12.3 Å². The summed E-state index contributed by atoms with van der Waals surface area (Å²) in [5, 5.41) is 17.9. The summed E-state index contributed by atoms with van der Waals surface area (Å²) in [5.41, 5.74) is 37.2. The summed E-state index contributed by atoms with van der Waals surface area (Å²) in [5.74, 6) is 0.216. The highest BCUT2D eigenvalue weighted by Gasteiger charge is 2.31. The molecule has 14 aromatic rings. The number of rotatable bonds is 10. The van der Waals surface area contributed by atoms with Crippen LogP contribution in [0.2, 0.25) is 0 Å². The number of ether oxygens (including phenoxy) is 1. The van der Waals surface area contributed by atoms with E-state index >= 15 is 0 Å². The topological polar surface area (TPSA) is 206 Å². The monoisotopic (exact) mass is 1260 g/mol. The zero-order chi connectivity index (χ0) is 66.7. The molecule has 0 aliphatic heterocycles. The number of hydrogen-bond donors (Lipinski definition) is 6. The van der Waals surface area contributed by atoms with Gasteiger partial charge in [0.15, 0.2) is 6.40 Å². The Kier molecular flexibility index (Phi) is 22.4.